The largest absolute Gasteiger partial charge is 0.453 e. The first kappa shape index (κ1) is 35.0. The Kier molecular flexibility index (Phi) is 9.85. The summed E-state index contributed by atoms with van der Waals surface area (Å²) in [6.45, 7) is 5.78. The number of carbonyl (C=O) groups excluding carboxylic acids is 4. The molecule has 3 fully saturated rings. The SMILES string of the molecule is COC(=O)N[C@H](C(=O)N1CCC[C@H]1c1ncc(-c2ccc(-c3ccc(-c4cnc([C@@H]5[C@H]6CC[C@H](C6)[C@H]5C(=O)NNC(C)=O)[nH]4)cc3)cc2)[nH]1)C(C)C. The number of imidazole rings is 2. The van der Waals surface area contributed by atoms with Crippen molar-refractivity contribution in [3.63, 3.8) is 0 Å². The van der Waals surface area contributed by atoms with Crippen molar-refractivity contribution in [2.24, 2.45) is 23.7 Å². The number of rotatable bonds is 9. The summed E-state index contributed by atoms with van der Waals surface area (Å²) >= 11 is 0. The van der Waals surface area contributed by atoms with Gasteiger partial charge in [-0.15, -0.1) is 0 Å². The van der Waals surface area contributed by atoms with Crippen LogP contribution in [0.3, 0.4) is 0 Å². The second-order valence-electron chi connectivity index (χ2n) is 14.6. The van der Waals surface area contributed by atoms with E-state index >= 15 is 0 Å². The van der Waals surface area contributed by atoms with E-state index in [2.05, 4.69) is 79.7 Å². The molecular formula is C39H46N8O5. The van der Waals surface area contributed by atoms with Crippen molar-refractivity contribution in [3.8, 4) is 33.6 Å². The molecule has 2 bridgehead atoms. The fraction of sp³-hybridized carbons (Fsp3) is 0.436. The average Bonchev–Trinajstić information content (AvgIpc) is 4.00. The number of aromatic amines is 2. The Morgan fingerprint density at radius 2 is 1.38 bits per heavy atom. The van der Waals surface area contributed by atoms with Crippen molar-refractivity contribution >= 4 is 23.8 Å². The summed E-state index contributed by atoms with van der Waals surface area (Å²) < 4.78 is 4.75. The minimum Gasteiger partial charge on any atom is -0.453 e. The van der Waals surface area contributed by atoms with E-state index < -0.39 is 12.1 Å². The maximum atomic E-state index is 13.5. The van der Waals surface area contributed by atoms with Gasteiger partial charge in [-0.1, -0.05) is 62.4 Å². The van der Waals surface area contributed by atoms with E-state index in [0.717, 1.165) is 77.4 Å². The molecule has 13 nitrogen and oxygen atoms in total. The molecule has 0 unspecified atom stereocenters. The van der Waals surface area contributed by atoms with E-state index in [4.69, 9.17) is 9.72 Å². The zero-order chi connectivity index (χ0) is 36.5. The summed E-state index contributed by atoms with van der Waals surface area (Å²) in [5.74, 6) is 1.36. The second-order valence-corrected chi connectivity index (χ2v) is 14.6. The minimum atomic E-state index is -0.682. The maximum Gasteiger partial charge on any atom is 0.407 e. The number of aromatic nitrogens is 4. The van der Waals surface area contributed by atoms with Gasteiger partial charge in [0, 0.05) is 19.4 Å². The summed E-state index contributed by atoms with van der Waals surface area (Å²) in [5, 5.41) is 2.69. The Labute approximate surface area is 302 Å². The number of hydrazine groups is 1. The van der Waals surface area contributed by atoms with Gasteiger partial charge in [-0.05, 0) is 72.1 Å². The van der Waals surface area contributed by atoms with Crippen molar-refractivity contribution in [1.82, 2.24) is 41.0 Å². The fourth-order valence-electron chi connectivity index (χ4n) is 8.48. The Balaban J connectivity index is 1.01. The van der Waals surface area contributed by atoms with Gasteiger partial charge in [0.1, 0.15) is 17.7 Å². The van der Waals surface area contributed by atoms with Crippen LogP contribution in [0.25, 0.3) is 33.6 Å². The zero-order valence-corrected chi connectivity index (χ0v) is 29.9. The van der Waals surface area contributed by atoms with Crippen LogP contribution in [0.5, 0.6) is 0 Å². The van der Waals surface area contributed by atoms with E-state index in [0.29, 0.717) is 18.4 Å². The van der Waals surface area contributed by atoms with Gasteiger partial charge in [0.25, 0.3) is 0 Å². The highest BCUT2D eigenvalue weighted by atomic mass is 16.5. The van der Waals surface area contributed by atoms with E-state index in [-0.39, 0.29) is 41.5 Å². The van der Waals surface area contributed by atoms with E-state index in [1.165, 1.54) is 14.0 Å². The average molecular weight is 707 g/mol. The zero-order valence-electron chi connectivity index (χ0n) is 29.9. The highest BCUT2D eigenvalue weighted by molar-refractivity contribution is 5.86. The molecule has 272 valence electrons. The van der Waals surface area contributed by atoms with Crippen LogP contribution in [-0.4, -0.2) is 68.3 Å². The van der Waals surface area contributed by atoms with Crippen molar-refractivity contribution < 1.29 is 23.9 Å². The van der Waals surface area contributed by atoms with Gasteiger partial charge in [0.15, 0.2) is 0 Å². The summed E-state index contributed by atoms with van der Waals surface area (Å²) in [6.07, 6.45) is 7.78. The number of ether oxygens (including phenoxy) is 1. The van der Waals surface area contributed by atoms with E-state index in [1.54, 1.807) is 6.20 Å². The lowest BCUT2D eigenvalue weighted by Gasteiger charge is -2.30. The molecule has 0 radical (unpaired) electrons. The molecule has 1 saturated heterocycles. The van der Waals surface area contributed by atoms with Crippen LogP contribution in [0.4, 0.5) is 4.79 Å². The predicted octanol–water partition coefficient (Wildman–Crippen LogP) is 5.47. The monoisotopic (exact) mass is 706 g/mol. The fourth-order valence-corrected chi connectivity index (χ4v) is 8.48. The third-order valence-electron chi connectivity index (χ3n) is 11.1. The van der Waals surface area contributed by atoms with Crippen molar-refractivity contribution in [3.05, 3.63) is 72.6 Å². The first-order valence-electron chi connectivity index (χ1n) is 18.1. The molecule has 3 heterocycles. The third-order valence-corrected chi connectivity index (χ3v) is 11.1. The van der Waals surface area contributed by atoms with Crippen LogP contribution < -0.4 is 16.2 Å². The highest BCUT2D eigenvalue weighted by Gasteiger charge is 2.52. The van der Waals surface area contributed by atoms with Gasteiger partial charge in [0.2, 0.25) is 17.7 Å². The lowest BCUT2D eigenvalue weighted by atomic mass is 9.78. The van der Waals surface area contributed by atoms with E-state index in [1.807, 2.05) is 24.9 Å². The molecule has 4 aromatic rings. The van der Waals surface area contributed by atoms with Gasteiger partial charge in [-0.25, -0.2) is 14.8 Å². The lowest BCUT2D eigenvalue weighted by Crippen LogP contribution is -2.51. The summed E-state index contributed by atoms with van der Waals surface area (Å²) in [7, 11) is 1.29. The highest BCUT2D eigenvalue weighted by Crippen LogP contribution is 2.56. The predicted molar refractivity (Wildman–Crippen MR) is 194 cm³/mol. The number of hydrogen-bond acceptors (Lipinski definition) is 7. The second kappa shape index (κ2) is 14.6. The van der Waals surface area contributed by atoms with Gasteiger partial charge in [-0.3, -0.25) is 25.2 Å². The summed E-state index contributed by atoms with van der Waals surface area (Å²) in [5.41, 5.74) is 10.9. The maximum absolute atomic E-state index is 13.5. The molecule has 3 aliphatic rings. The number of methoxy groups -OCH3 is 1. The van der Waals surface area contributed by atoms with Crippen LogP contribution in [0.15, 0.2) is 60.9 Å². The Morgan fingerprint density at radius 3 is 1.98 bits per heavy atom. The van der Waals surface area contributed by atoms with Gasteiger partial charge < -0.3 is 24.9 Å². The van der Waals surface area contributed by atoms with Crippen LogP contribution in [0.1, 0.15) is 76.5 Å². The van der Waals surface area contributed by atoms with Crippen LogP contribution in [-0.2, 0) is 19.1 Å². The number of H-pyrrole nitrogens is 2. The smallest absolute Gasteiger partial charge is 0.407 e. The van der Waals surface area contributed by atoms with Crippen molar-refractivity contribution in [1.29, 1.82) is 0 Å². The summed E-state index contributed by atoms with van der Waals surface area (Å²) in [4.78, 5) is 68.0. The molecule has 0 spiro atoms. The quantitative estimate of drug-likeness (QED) is 0.143. The van der Waals surface area contributed by atoms with E-state index in [9.17, 15) is 19.2 Å². The van der Waals surface area contributed by atoms with Gasteiger partial charge >= 0.3 is 6.09 Å². The Hall–Kier alpha value is -5.46. The molecule has 4 amide bonds. The van der Waals surface area contributed by atoms with Gasteiger partial charge in [-0.2, -0.15) is 0 Å². The van der Waals surface area contributed by atoms with Crippen LogP contribution >= 0.6 is 0 Å². The third kappa shape index (κ3) is 6.91. The topological polar surface area (TPSA) is 174 Å². The number of alkyl carbamates (subject to hydrolysis) is 1. The number of hydrogen-bond donors (Lipinski definition) is 5. The van der Waals surface area contributed by atoms with Crippen LogP contribution in [0.2, 0.25) is 0 Å². The number of benzene rings is 2. The molecule has 2 aromatic carbocycles. The van der Waals surface area contributed by atoms with Crippen molar-refractivity contribution in [2.45, 2.75) is 70.9 Å². The Morgan fingerprint density at radius 1 is 0.808 bits per heavy atom. The molecule has 2 saturated carbocycles. The minimum absolute atomic E-state index is 0.00263. The normalized spacial score (nSPS) is 22.7. The molecule has 6 atom stereocenters. The van der Waals surface area contributed by atoms with Crippen LogP contribution in [0, 0.1) is 23.7 Å². The molecule has 5 N–H and O–H groups in total. The first-order valence-corrected chi connectivity index (χ1v) is 18.1. The van der Waals surface area contributed by atoms with Gasteiger partial charge in [0.05, 0.1) is 42.9 Å². The standard InChI is InChI=1S/C39H46N8O5/c1-21(2)34(44-39(51)52-4)38(50)47-17-5-6-31(47)35-40-19-29(42-35)25-11-7-23(8-12-25)24-9-13-26(14-10-24)30-20-41-36(43-30)32-27-15-16-28(18-27)33(32)37(49)46-45-22(3)48/h7-14,19-21,27-28,31-34H,5-6,15-18H2,1-4H3,(H,40,42)(H,41,43)(H,44,51)(H,45,48)(H,46,49)/t27-,28+,31-,32+,33+,34-/m0/s1. The number of fused-ring (bicyclic) bond motifs is 2. The molecule has 13 heteroatoms. The molecule has 7 rings (SSSR count). The summed E-state index contributed by atoms with van der Waals surface area (Å²) in [6, 6.07) is 15.7. The number of carbonyl (C=O) groups is 4. The molecule has 52 heavy (non-hydrogen) atoms. The lowest BCUT2D eigenvalue weighted by molar-refractivity contribution is -0.135. The molecular weight excluding hydrogens is 660 g/mol. The first-order chi connectivity index (χ1) is 25.1. The molecule has 2 aliphatic carbocycles. The number of nitrogens with one attached hydrogen (secondary N) is 5. The Bertz CT molecular complexity index is 1930. The number of amides is 4. The van der Waals surface area contributed by atoms with Crippen molar-refractivity contribution in [2.75, 3.05) is 13.7 Å². The molecule has 2 aromatic heterocycles. The number of nitrogens with zero attached hydrogens (tertiary/aromatic N) is 3. The molecule has 1 aliphatic heterocycles. The number of likely N-dealkylation sites (tertiary alicyclic amines) is 1.